The molecule has 2 atom stereocenters. The number of carbonyl (C=O) groups excluding carboxylic acids is 3. The minimum atomic E-state index is -0.887. The molecule has 35 heavy (non-hydrogen) atoms. The normalized spacial score (nSPS) is 19.7. The van der Waals surface area contributed by atoms with Gasteiger partial charge in [0.05, 0.1) is 25.5 Å². The third-order valence-electron chi connectivity index (χ3n) is 6.84. The number of likely N-dealkylation sites (tertiary alicyclic amines) is 2. The Labute approximate surface area is 213 Å². The molecule has 2 aliphatic heterocycles. The van der Waals surface area contributed by atoms with Crippen LogP contribution in [0.3, 0.4) is 0 Å². The number of carbonyl (C=O) groups is 4. The lowest BCUT2D eigenvalue weighted by Crippen LogP contribution is -2.46. The number of amides is 3. The number of halogens is 1. The number of ether oxygens (including phenoxy) is 1. The quantitative estimate of drug-likeness (QED) is 0.474. The van der Waals surface area contributed by atoms with E-state index < -0.39 is 18.1 Å². The van der Waals surface area contributed by atoms with E-state index in [0.29, 0.717) is 50.5 Å². The number of carboxylic acid groups (broad SMARTS) is 1. The number of hydrogen-bond donors (Lipinski definition) is 2. The van der Waals surface area contributed by atoms with Crippen molar-refractivity contribution >= 4 is 39.8 Å². The first-order chi connectivity index (χ1) is 16.8. The molecule has 1 aromatic rings. The van der Waals surface area contributed by atoms with Gasteiger partial charge in [-0.15, -0.1) is 0 Å². The number of piperidine rings is 2. The van der Waals surface area contributed by atoms with Crippen LogP contribution in [0.5, 0.6) is 0 Å². The maximum atomic E-state index is 13.1. The lowest BCUT2D eigenvalue weighted by atomic mass is 9.91. The van der Waals surface area contributed by atoms with Crippen LogP contribution in [0.15, 0.2) is 22.9 Å². The van der Waals surface area contributed by atoms with Gasteiger partial charge in [-0.05, 0) is 65.6 Å². The summed E-state index contributed by atoms with van der Waals surface area (Å²) in [5.74, 6) is -0.615. The molecule has 0 saturated carbocycles. The van der Waals surface area contributed by atoms with Crippen LogP contribution >= 0.6 is 15.9 Å². The van der Waals surface area contributed by atoms with Crippen LogP contribution in [0.4, 0.5) is 4.79 Å². The highest BCUT2D eigenvalue weighted by atomic mass is 79.9. The van der Waals surface area contributed by atoms with E-state index in [1.54, 1.807) is 23.4 Å². The Morgan fingerprint density at radius 1 is 1.17 bits per heavy atom. The summed E-state index contributed by atoms with van der Waals surface area (Å²) in [7, 11) is 1.31. The van der Waals surface area contributed by atoms with Gasteiger partial charge in [-0.2, -0.15) is 0 Å². The van der Waals surface area contributed by atoms with Crippen LogP contribution in [0.2, 0.25) is 0 Å². The van der Waals surface area contributed by atoms with Gasteiger partial charge in [0.1, 0.15) is 0 Å². The summed E-state index contributed by atoms with van der Waals surface area (Å²) in [5.41, 5.74) is 0.691. The molecule has 1 unspecified atom stereocenters. The van der Waals surface area contributed by atoms with Crippen molar-refractivity contribution in [1.82, 2.24) is 20.1 Å². The van der Waals surface area contributed by atoms with Crippen LogP contribution in [0.1, 0.15) is 56.6 Å². The number of esters is 1. The number of aromatic nitrogens is 1. The summed E-state index contributed by atoms with van der Waals surface area (Å²) in [6, 6.07) is 1.22. The van der Waals surface area contributed by atoms with Gasteiger partial charge in [0.2, 0.25) is 11.8 Å². The first-order valence-electron chi connectivity index (χ1n) is 12.0. The first kappa shape index (κ1) is 26.9. The molecule has 3 rings (SSSR count). The fourth-order valence-electron chi connectivity index (χ4n) is 4.73. The van der Waals surface area contributed by atoms with Gasteiger partial charge < -0.3 is 25.0 Å². The summed E-state index contributed by atoms with van der Waals surface area (Å²) < 4.78 is 5.53. The largest absolute Gasteiger partial charge is 0.469 e. The first-order valence-corrected chi connectivity index (χ1v) is 12.8. The molecule has 192 valence electrons. The molecule has 3 heterocycles. The molecule has 1 aromatic heterocycles. The van der Waals surface area contributed by atoms with Gasteiger partial charge >= 0.3 is 12.1 Å². The lowest BCUT2D eigenvalue weighted by molar-refractivity contribution is -0.141. The second-order valence-corrected chi connectivity index (χ2v) is 10.1. The number of pyridine rings is 1. The van der Waals surface area contributed by atoms with E-state index in [-0.39, 0.29) is 24.2 Å². The van der Waals surface area contributed by atoms with Gasteiger partial charge in [0.25, 0.3) is 0 Å². The van der Waals surface area contributed by atoms with Crippen LogP contribution in [0.25, 0.3) is 0 Å². The fourth-order valence-corrected chi connectivity index (χ4v) is 5.11. The topological polar surface area (TPSA) is 129 Å². The minimum Gasteiger partial charge on any atom is -0.469 e. The van der Waals surface area contributed by atoms with Gasteiger partial charge in [-0.1, -0.05) is 0 Å². The average molecular weight is 553 g/mol. The molecule has 10 nitrogen and oxygen atoms in total. The summed E-state index contributed by atoms with van der Waals surface area (Å²) in [5, 5.41) is 12.0. The SMILES string of the molecule is COC(=O)CC(NC(=O)[C@@H]1CCCN(C(=O)CCC2CCN(C(=O)O)CC2)C1)c1cncc(Br)c1. The molecule has 0 aliphatic carbocycles. The fraction of sp³-hybridized carbons (Fsp3) is 0.625. The van der Waals surface area contributed by atoms with E-state index in [2.05, 4.69) is 26.2 Å². The summed E-state index contributed by atoms with van der Waals surface area (Å²) in [6.45, 7) is 2.01. The minimum absolute atomic E-state index is 0.0174. The van der Waals surface area contributed by atoms with Gasteiger partial charge in [-0.25, -0.2) is 4.79 Å². The number of rotatable bonds is 8. The van der Waals surface area contributed by atoms with E-state index in [4.69, 9.17) is 9.84 Å². The highest BCUT2D eigenvalue weighted by molar-refractivity contribution is 9.10. The zero-order valence-electron chi connectivity index (χ0n) is 20.0. The molecule has 11 heteroatoms. The Balaban J connectivity index is 1.53. The van der Waals surface area contributed by atoms with Crippen molar-refractivity contribution in [3.05, 3.63) is 28.5 Å². The zero-order chi connectivity index (χ0) is 25.4. The van der Waals surface area contributed by atoms with Crippen LogP contribution < -0.4 is 5.32 Å². The van der Waals surface area contributed by atoms with E-state index in [9.17, 15) is 19.2 Å². The molecule has 0 bridgehead atoms. The predicted octanol–water partition coefficient (Wildman–Crippen LogP) is 2.97. The predicted molar refractivity (Wildman–Crippen MR) is 130 cm³/mol. The summed E-state index contributed by atoms with van der Waals surface area (Å²) in [4.78, 5) is 56.3. The van der Waals surface area contributed by atoms with Crippen molar-refractivity contribution < 1.29 is 29.0 Å². The molecule has 0 aromatic carbocycles. The molecule has 2 aliphatic rings. The maximum Gasteiger partial charge on any atom is 0.407 e. The molecule has 3 amide bonds. The van der Waals surface area contributed by atoms with E-state index in [0.717, 1.165) is 30.2 Å². The van der Waals surface area contributed by atoms with Gasteiger partial charge in [0, 0.05) is 49.5 Å². The third kappa shape index (κ3) is 7.91. The Kier molecular flexibility index (Phi) is 9.88. The van der Waals surface area contributed by atoms with Gasteiger partial charge in [-0.3, -0.25) is 19.4 Å². The third-order valence-corrected chi connectivity index (χ3v) is 7.27. The maximum absolute atomic E-state index is 13.1. The molecule has 2 saturated heterocycles. The van der Waals surface area contributed by atoms with Crippen LogP contribution in [-0.2, 0) is 19.1 Å². The van der Waals surface area contributed by atoms with Crippen molar-refractivity contribution in [3.8, 4) is 0 Å². The van der Waals surface area contributed by atoms with E-state index in [1.807, 2.05) is 0 Å². The Bertz CT molecular complexity index is 921. The molecular formula is C24H33BrN4O6. The highest BCUT2D eigenvalue weighted by Crippen LogP contribution is 2.25. The van der Waals surface area contributed by atoms with Crippen molar-refractivity contribution in [2.75, 3.05) is 33.3 Å². The van der Waals surface area contributed by atoms with E-state index in [1.165, 1.54) is 12.0 Å². The zero-order valence-corrected chi connectivity index (χ0v) is 21.5. The van der Waals surface area contributed by atoms with Crippen molar-refractivity contribution in [2.24, 2.45) is 11.8 Å². The van der Waals surface area contributed by atoms with E-state index >= 15 is 0 Å². The standard InChI is InChI=1S/C24H33BrN4O6/c1-35-22(31)12-20(18-11-19(25)14-26-13-18)27-23(32)17-3-2-8-29(15-17)21(30)5-4-16-6-9-28(10-7-16)24(33)34/h11,13-14,16-17,20H,2-10,12,15H2,1H3,(H,27,32)(H,33,34)/t17-,20?/m1/s1. The molecule has 0 spiro atoms. The second kappa shape index (κ2) is 12.9. The second-order valence-electron chi connectivity index (χ2n) is 9.21. The lowest BCUT2D eigenvalue weighted by Gasteiger charge is -2.34. The molecular weight excluding hydrogens is 520 g/mol. The Morgan fingerprint density at radius 2 is 1.91 bits per heavy atom. The van der Waals surface area contributed by atoms with Crippen molar-refractivity contribution in [3.63, 3.8) is 0 Å². The molecule has 2 fully saturated rings. The van der Waals surface area contributed by atoms with Crippen LogP contribution in [-0.4, -0.2) is 77.1 Å². The van der Waals surface area contributed by atoms with Crippen LogP contribution in [0, 0.1) is 11.8 Å². The molecule has 2 N–H and O–H groups in total. The van der Waals surface area contributed by atoms with Crippen molar-refractivity contribution in [1.29, 1.82) is 0 Å². The molecule has 0 radical (unpaired) electrons. The monoisotopic (exact) mass is 552 g/mol. The number of hydrogen-bond acceptors (Lipinski definition) is 6. The number of methoxy groups -OCH3 is 1. The number of nitrogens with zero attached hydrogens (tertiary/aromatic N) is 3. The average Bonchev–Trinajstić information content (AvgIpc) is 2.87. The van der Waals surface area contributed by atoms with Crippen molar-refractivity contribution in [2.45, 2.75) is 51.0 Å². The Morgan fingerprint density at radius 3 is 2.57 bits per heavy atom. The highest BCUT2D eigenvalue weighted by Gasteiger charge is 2.31. The Hall–Kier alpha value is -2.69. The van der Waals surface area contributed by atoms with Gasteiger partial charge in [0.15, 0.2) is 0 Å². The summed E-state index contributed by atoms with van der Waals surface area (Å²) >= 11 is 3.37. The summed E-state index contributed by atoms with van der Waals surface area (Å²) in [6.07, 6.45) is 6.42. The number of nitrogens with one attached hydrogen (secondary N) is 1. The smallest absolute Gasteiger partial charge is 0.407 e.